The second kappa shape index (κ2) is 5.90. The lowest BCUT2D eigenvalue weighted by Gasteiger charge is -2.21. The van der Waals surface area contributed by atoms with Gasteiger partial charge < -0.3 is 25.0 Å². The molecule has 0 aliphatic carbocycles. The Morgan fingerprint density at radius 1 is 1.37 bits per heavy atom. The summed E-state index contributed by atoms with van der Waals surface area (Å²) in [5, 5.41) is 21.0. The van der Waals surface area contributed by atoms with Crippen LogP contribution in [0, 0.1) is 0 Å². The second-order valence-electron chi connectivity index (χ2n) is 4.31. The van der Waals surface area contributed by atoms with Gasteiger partial charge in [0, 0.05) is 23.9 Å². The highest BCUT2D eigenvalue weighted by Gasteiger charge is 2.18. The minimum atomic E-state index is -0.881. The first kappa shape index (κ1) is 13.6. The molecule has 1 atom stereocenters. The van der Waals surface area contributed by atoms with Gasteiger partial charge in [0.1, 0.15) is 13.2 Å². The van der Waals surface area contributed by atoms with Gasteiger partial charge in [-0.25, -0.2) is 0 Å². The molecular weight excluding hydrogens is 250 g/mol. The lowest BCUT2D eigenvalue weighted by atomic mass is 10.1. The largest absolute Gasteiger partial charge is 0.486 e. The van der Waals surface area contributed by atoms with Crippen LogP contribution in [0.2, 0.25) is 0 Å². The monoisotopic (exact) mass is 267 g/mol. The summed E-state index contributed by atoms with van der Waals surface area (Å²) < 4.78 is 10.9. The van der Waals surface area contributed by atoms with Crippen molar-refractivity contribution in [2.75, 3.05) is 31.7 Å². The van der Waals surface area contributed by atoms with E-state index in [1.807, 2.05) is 0 Å². The van der Waals surface area contributed by atoms with E-state index in [0.717, 1.165) is 0 Å². The fourth-order valence-corrected chi connectivity index (χ4v) is 1.82. The number of Topliss-reactive ketones (excluding diaryl/α,β-unsaturated/α-hetero) is 1. The molecule has 2 rings (SSSR count). The number of ether oxygens (including phenoxy) is 2. The first-order valence-electron chi connectivity index (χ1n) is 6.09. The maximum absolute atomic E-state index is 11.6. The Hall–Kier alpha value is -1.79. The summed E-state index contributed by atoms with van der Waals surface area (Å²) >= 11 is 0. The number of hydrogen-bond donors (Lipinski definition) is 3. The smallest absolute Gasteiger partial charge is 0.163 e. The van der Waals surface area contributed by atoms with Crippen molar-refractivity contribution >= 4 is 11.5 Å². The summed E-state index contributed by atoms with van der Waals surface area (Å²) in [5.74, 6) is 1.000. The molecule has 1 aromatic rings. The van der Waals surface area contributed by atoms with E-state index >= 15 is 0 Å². The number of carbonyl (C=O) groups excluding carboxylic acids is 1. The van der Waals surface area contributed by atoms with Gasteiger partial charge in [-0.05, 0) is 13.0 Å². The molecule has 1 aliphatic rings. The van der Waals surface area contributed by atoms with Crippen LogP contribution in [0.5, 0.6) is 11.5 Å². The van der Waals surface area contributed by atoms with Crippen LogP contribution in [0.1, 0.15) is 17.3 Å². The molecule has 1 aromatic carbocycles. The van der Waals surface area contributed by atoms with E-state index in [2.05, 4.69) is 5.32 Å². The summed E-state index contributed by atoms with van der Waals surface area (Å²) in [4.78, 5) is 11.6. The molecule has 1 heterocycles. The van der Waals surface area contributed by atoms with E-state index in [1.54, 1.807) is 12.1 Å². The average Bonchev–Trinajstić information content (AvgIpc) is 2.43. The quantitative estimate of drug-likeness (QED) is 0.670. The van der Waals surface area contributed by atoms with Gasteiger partial charge in [-0.3, -0.25) is 4.79 Å². The van der Waals surface area contributed by atoms with Crippen molar-refractivity contribution in [3.05, 3.63) is 17.7 Å². The molecule has 19 heavy (non-hydrogen) atoms. The van der Waals surface area contributed by atoms with Gasteiger partial charge in [-0.1, -0.05) is 0 Å². The van der Waals surface area contributed by atoms with Crippen LogP contribution in [0.3, 0.4) is 0 Å². The van der Waals surface area contributed by atoms with Gasteiger partial charge in [0.25, 0.3) is 0 Å². The zero-order valence-corrected chi connectivity index (χ0v) is 10.7. The summed E-state index contributed by atoms with van der Waals surface area (Å²) in [6.07, 6.45) is -0.881. The van der Waals surface area contributed by atoms with Gasteiger partial charge in [-0.15, -0.1) is 0 Å². The summed E-state index contributed by atoms with van der Waals surface area (Å²) in [5.41, 5.74) is 1.03. The minimum Gasteiger partial charge on any atom is -0.486 e. The normalized spacial score (nSPS) is 14.9. The molecule has 0 spiro atoms. The van der Waals surface area contributed by atoms with Crippen LogP contribution >= 0.6 is 0 Å². The molecule has 6 heteroatoms. The second-order valence-corrected chi connectivity index (χ2v) is 4.31. The third-order valence-electron chi connectivity index (χ3n) is 2.80. The Morgan fingerprint density at radius 3 is 2.58 bits per heavy atom. The molecule has 0 aromatic heterocycles. The van der Waals surface area contributed by atoms with Crippen molar-refractivity contribution in [1.29, 1.82) is 0 Å². The highest BCUT2D eigenvalue weighted by molar-refractivity contribution is 6.00. The van der Waals surface area contributed by atoms with Crippen molar-refractivity contribution < 1.29 is 24.5 Å². The molecular formula is C13H17NO5. The van der Waals surface area contributed by atoms with Crippen LogP contribution in [0.25, 0.3) is 0 Å². The number of nitrogens with one attached hydrogen (secondary N) is 1. The maximum atomic E-state index is 11.6. The van der Waals surface area contributed by atoms with Gasteiger partial charge in [0.2, 0.25) is 0 Å². The zero-order valence-electron chi connectivity index (χ0n) is 10.7. The SMILES string of the molecule is CC(=O)c1cc2c(cc1NCC(O)CO)OCCO2. The number of ketones is 1. The average molecular weight is 267 g/mol. The van der Waals surface area contributed by atoms with E-state index in [4.69, 9.17) is 14.6 Å². The van der Waals surface area contributed by atoms with Crippen molar-refractivity contribution in [1.82, 2.24) is 0 Å². The standard InChI is InChI=1S/C13H17NO5/c1-8(16)10-4-12-13(19-3-2-18-12)5-11(10)14-6-9(17)7-15/h4-5,9,14-15,17H,2-3,6-7H2,1H3. The van der Waals surface area contributed by atoms with Gasteiger partial charge >= 0.3 is 0 Å². The van der Waals surface area contributed by atoms with Gasteiger partial charge in [-0.2, -0.15) is 0 Å². The number of carbonyl (C=O) groups is 1. The van der Waals surface area contributed by atoms with Crippen molar-refractivity contribution in [2.45, 2.75) is 13.0 Å². The Labute approximate surface area is 111 Å². The number of aliphatic hydroxyl groups is 2. The third kappa shape index (κ3) is 3.15. The molecule has 0 fully saturated rings. The fourth-order valence-electron chi connectivity index (χ4n) is 1.82. The Kier molecular flexibility index (Phi) is 4.24. The van der Waals surface area contributed by atoms with E-state index in [-0.39, 0.29) is 18.9 Å². The van der Waals surface area contributed by atoms with Gasteiger partial charge in [0.15, 0.2) is 17.3 Å². The zero-order chi connectivity index (χ0) is 13.8. The van der Waals surface area contributed by atoms with E-state index in [1.165, 1.54) is 6.92 Å². The molecule has 1 aliphatic heterocycles. The van der Waals surface area contributed by atoms with Crippen LogP contribution in [0.4, 0.5) is 5.69 Å². The molecule has 1 unspecified atom stereocenters. The Morgan fingerprint density at radius 2 is 2.00 bits per heavy atom. The van der Waals surface area contributed by atoms with Crippen molar-refractivity contribution in [3.8, 4) is 11.5 Å². The lowest BCUT2D eigenvalue weighted by molar-refractivity contribution is 0.101. The number of rotatable bonds is 5. The minimum absolute atomic E-state index is 0.113. The molecule has 0 saturated heterocycles. The highest BCUT2D eigenvalue weighted by atomic mass is 16.6. The number of benzene rings is 1. The maximum Gasteiger partial charge on any atom is 0.163 e. The van der Waals surface area contributed by atoms with Crippen LogP contribution in [0.15, 0.2) is 12.1 Å². The Bertz CT molecular complexity index is 474. The number of fused-ring (bicyclic) bond motifs is 1. The van der Waals surface area contributed by atoms with Crippen molar-refractivity contribution in [3.63, 3.8) is 0 Å². The molecule has 3 N–H and O–H groups in total. The Balaban J connectivity index is 2.26. The van der Waals surface area contributed by atoms with Crippen LogP contribution in [-0.4, -0.2) is 48.5 Å². The van der Waals surface area contributed by atoms with E-state index in [9.17, 15) is 9.90 Å². The summed E-state index contributed by atoms with van der Waals surface area (Å²) in [7, 11) is 0. The number of aliphatic hydroxyl groups excluding tert-OH is 2. The summed E-state index contributed by atoms with van der Waals surface area (Å²) in [6, 6.07) is 3.31. The molecule has 0 bridgehead atoms. The fraction of sp³-hybridized carbons (Fsp3) is 0.462. The highest BCUT2D eigenvalue weighted by Crippen LogP contribution is 2.35. The first-order chi connectivity index (χ1) is 9.11. The number of anilines is 1. The predicted molar refractivity (Wildman–Crippen MR) is 69.0 cm³/mol. The molecule has 0 amide bonds. The van der Waals surface area contributed by atoms with Crippen molar-refractivity contribution in [2.24, 2.45) is 0 Å². The number of hydrogen-bond acceptors (Lipinski definition) is 6. The molecule has 104 valence electrons. The predicted octanol–water partition coefficient (Wildman–Crippen LogP) is 0.425. The summed E-state index contributed by atoms with van der Waals surface area (Å²) in [6.45, 7) is 2.19. The van der Waals surface area contributed by atoms with Gasteiger partial charge in [0.05, 0.1) is 12.7 Å². The van der Waals surface area contributed by atoms with Crippen LogP contribution < -0.4 is 14.8 Å². The molecule has 0 radical (unpaired) electrons. The molecule has 6 nitrogen and oxygen atoms in total. The third-order valence-corrected chi connectivity index (χ3v) is 2.80. The van der Waals surface area contributed by atoms with E-state index in [0.29, 0.717) is 36.0 Å². The van der Waals surface area contributed by atoms with E-state index < -0.39 is 6.10 Å². The van der Waals surface area contributed by atoms with Crippen LogP contribution in [-0.2, 0) is 0 Å². The lowest BCUT2D eigenvalue weighted by Crippen LogP contribution is -2.24. The topological polar surface area (TPSA) is 88.0 Å². The first-order valence-corrected chi connectivity index (χ1v) is 6.09. The molecule has 0 saturated carbocycles.